The molecule has 0 spiro atoms. The lowest BCUT2D eigenvalue weighted by Crippen LogP contribution is -2.53. The number of ether oxygens (including phenoxy) is 2. The van der Waals surface area contributed by atoms with E-state index in [1.165, 1.54) is 11.0 Å². The smallest absolute Gasteiger partial charge is 0.244 e. The summed E-state index contributed by atoms with van der Waals surface area (Å²) in [5.74, 6) is -0.111. The standard InChI is InChI=1S/C31H35Cl2N3O6S/c1-3-4-15-34-31(38)27(18-22-9-6-5-7-10-22)35(20-24-25(32)11-8-12-26(24)33)30(37)21-36(43(2,39)40)23-13-14-28-29(19-23)42-17-16-41-28/h5-14,19,27H,3-4,15-18,20-21H2,1-2H3,(H,34,38)/t27-/m1/s1. The van der Waals surface area contributed by atoms with Crippen molar-refractivity contribution in [2.45, 2.75) is 38.8 Å². The zero-order valence-corrected chi connectivity index (χ0v) is 26.4. The Morgan fingerprint density at radius 1 is 0.953 bits per heavy atom. The number of amides is 2. The van der Waals surface area contributed by atoms with Gasteiger partial charge in [0.2, 0.25) is 21.8 Å². The Morgan fingerprint density at radius 3 is 2.28 bits per heavy atom. The first-order chi connectivity index (χ1) is 20.6. The number of carbonyl (C=O) groups is 2. The Labute approximate surface area is 262 Å². The highest BCUT2D eigenvalue weighted by Crippen LogP contribution is 2.35. The van der Waals surface area contributed by atoms with Crippen molar-refractivity contribution in [1.82, 2.24) is 10.2 Å². The summed E-state index contributed by atoms with van der Waals surface area (Å²) in [5, 5.41) is 3.59. The van der Waals surface area contributed by atoms with E-state index >= 15 is 0 Å². The molecule has 1 aliphatic heterocycles. The number of nitrogens with one attached hydrogen (secondary N) is 1. The van der Waals surface area contributed by atoms with Crippen LogP contribution in [0.15, 0.2) is 66.7 Å². The molecule has 0 saturated heterocycles. The van der Waals surface area contributed by atoms with Crippen LogP contribution >= 0.6 is 23.2 Å². The van der Waals surface area contributed by atoms with Gasteiger partial charge in [0, 0.05) is 41.2 Å². The van der Waals surface area contributed by atoms with E-state index in [1.54, 1.807) is 30.3 Å². The molecule has 1 heterocycles. The maximum atomic E-state index is 14.3. The first-order valence-corrected chi connectivity index (χ1v) is 16.6. The number of rotatable bonds is 13. The van der Waals surface area contributed by atoms with E-state index < -0.39 is 28.5 Å². The molecular weight excluding hydrogens is 613 g/mol. The van der Waals surface area contributed by atoms with Gasteiger partial charge in [-0.05, 0) is 36.2 Å². The van der Waals surface area contributed by atoms with Crippen LogP contribution in [-0.2, 0) is 32.6 Å². The third-order valence-corrected chi connectivity index (χ3v) is 8.83. The van der Waals surface area contributed by atoms with Crippen molar-refractivity contribution in [3.05, 3.63) is 87.9 Å². The number of sulfonamides is 1. The van der Waals surface area contributed by atoms with Crippen LogP contribution in [0.4, 0.5) is 5.69 Å². The lowest BCUT2D eigenvalue weighted by Gasteiger charge is -2.34. The number of carbonyl (C=O) groups excluding carboxylic acids is 2. The number of fused-ring (bicyclic) bond motifs is 1. The number of unbranched alkanes of at least 4 members (excludes halogenated alkanes) is 1. The van der Waals surface area contributed by atoms with Crippen molar-refractivity contribution in [3.8, 4) is 11.5 Å². The van der Waals surface area contributed by atoms with Gasteiger partial charge in [0.25, 0.3) is 0 Å². The van der Waals surface area contributed by atoms with E-state index in [4.69, 9.17) is 32.7 Å². The second-order valence-corrected chi connectivity index (χ2v) is 12.9. The fourth-order valence-corrected chi connectivity index (χ4v) is 6.07. The average molecular weight is 649 g/mol. The Balaban J connectivity index is 1.75. The molecule has 0 unspecified atom stereocenters. The molecule has 1 N–H and O–H groups in total. The molecule has 1 atom stereocenters. The van der Waals surface area contributed by atoms with Gasteiger partial charge in [-0.25, -0.2) is 8.42 Å². The molecule has 9 nitrogen and oxygen atoms in total. The zero-order valence-electron chi connectivity index (χ0n) is 24.1. The summed E-state index contributed by atoms with van der Waals surface area (Å²) < 4.78 is 38.3. The molecule has 3 aromatic rings. The summed E-state index contributed by atoms with van der Waals surface area (Å²) >= 11 is 13.0. The molecule has 1 aliphatic rings. The van der Waals surface area contributed by atoms with E-state index in [2.05, 4.69) is 5.32 Å². The Kier molecular flexibility index (Phi) is 11.2. The molecule has 43 heavy (non-hydrogen) atoms. The molecule has 4 rings (SSSR count). The summed E-state index contributed by atoms with van der Waals surface area (Å²) in [6, 6.07) is 18.0. The summed E-state index contributed by atoms with van der Waals surface area (Å²) in [4.78, 5) is 29.3. The average Bonchev–Trinajstić information content (AvgIpc) is 2.98. The molecule has 0 saturated carbocycles. The molecule has 0 radical (unpaired) electrons. The first-order valence-electron chi connectivity index (χ1n) is 14.0. The van der Waals surface area contributed by atoms with Gasteiger partial charge >= 0.3 is 0 Å². The van der Waals surface area contributed by atoms with Crippen LogP contribution in [0.3, 0.4) is 0 Å². The minimum absolute atomic E-state index is 0.116. The summed E-state index contributed by atoms with van der Waals surface area (Å²) in [5.41, 5.74) is 1.50. The highest BCUT2D eigenvalue weighted by molar-refractivity contribution is 7.92. The van der Waals surface area contributed by atoms with Gasteiger partial charge in [-0.3, -0.25) is 13.9 Å². The fourth-order valence-electron chi connectivity index (χ4n) is 4.71. The predicted molar refractivity (Wildman–Crippen MR) is 168 cm³/mol. The maximum Gasteiger partial charge on any atom is 0.244 e. The highest BCUT2D eigenvalue weighted by atomic mass is 35.5. The van der Waals surface area contributed by atoms with Crippen LogP contribution in [0.2, 0.25) is 10.0 Å². The van der Waals surface area contributed by atoms with Crippen LogP contribution < -0.4 is 19.1 Å². The van der Waals surface area contributed by atoms with Gasteiger partial charge in [0.05, 0.1) is 11.9 Å². The Bertz CT molecular complexity index is 1520. The topological polar surface area (TPSA) is 105 Å². The third kappa shape index (κ3) is 8.55. The van der Waals surface area contributed by atoms with E-state index in [1.807, 2.05) is 37.3 Å². The van der Waals surface area contributed by atoms with Gasteiger partial charge in [0.1, 0.15) is 25.8 Å². The van der Waals surface area contributed by atoms with Crippen molar-refractivity contribution in [3.63, 3.8) is 0 Å². The van der Waals surface area contributed by atoms with Crippen molar-refractivity contribution in [1.29, 1.82) is 0 Å². The second-order valence-electron chi connectivity index (χ2n) is 10.2. The monoisotopic (exact) mass is 647 g/mol. The minimum atomic E-state index is -3.95. The predicted octanol–water partition coefficient (Wildman–Crippen LogP) is 5.09. The fraction of sp³-hybridized carbons (Fsp3) is 0.355. The van der Waals surface area contributed by atoms with Crippen molar-refractivity contribution < 1.29 is 27.5 Å². The molecule has 0 bridgehead atoms. The van der Waals surface area contributed by atoms with Crippen LogP contribution in [0, 0.1) is 0 Å². The van der Waals surface area contributed by atoms with Gasteiger partial charge in [-0.15, -0.1) is 0 Å². The van der Waals surface area contributed by atoms with Gasteiger partial charge in [-0.2, -0.15) is 0 Å². The van der Waals surface area contributed by atoms with Crippen LogP contribution in [-0.4, -0.2) is 63.7 Å². The van der Waals surface area contributed by atoms with E-state index in [9.17, 15) is 18.0 Å². The number of hydrogen-bond acceptors (Lipinski definition) is 6. The second kappa shape index (κ2) is 14.8. The zero-order chi connectivity index (χ0) is 31.0. The summed E-state index contributed by atoms with van der Waals surface area (Å²) in [6.45, 7) is 2.45. The summed E-state index contributed by atoms with van der Waals surface area (Å²) in [6.07, 6.45) is 2.85. The van der Waals surface area contributed by atoms with E-state index in [0.29, 0.717) is 46.9 Å². The van der Waals surface area contributed by atoms with Gasteiger partial charge < -0.3 is 19.7 Å². The van der Waals surface area contributed by atoms with Crippen LogP contribution in [0.5, 0.6) is 11.5 Å². The minimum Gasteiger partial charge on any atom is -0.486 e. The highest BCUT2D eigenvalue weighted by Gasteiger charge is 2.34. The number of hydrogen-bond donors (Lipinski definition) is 1. The lowest BCUT2D eigenvalue weighted by atomic mass is 10.0. The van der Waals surface area contributed by atoms with Crippen molar-refractivity contribution in [2.24, 2.45) is 0 Å². The lowest BCUT2D eigenvalue weighted by molar-refractivity contribution is -0.140. The molecule has 0 aromatic heterocycles. The molecule has 230 valence electrons. The number of anilines is 1. The normalized spacial score (nSPS) is 13.2. The molecule has 0 fully saturated rings. The number of halogens is 2. The quantitative estimate of drug-likeness (QED) is 0.259. The van der Waals surface area contributed by atoms with E-state index in [0.717, 1.165) is 29.0 Å². The maximum absolute atomic E-state index is 14.3. The summed E-state index contributed by atoms with van der Waals surface area (Å²) in [7, 11) is -3.95. The molecule has 3 aromatic carbocycles. The van der Waals surface area contributed by atoms with Crippen molar-refractivity contribution in [2.75, 3.05) is 36.9 Å². The number of benzene rings is 3. The van der Waals surface area contributed by atoms with Crippen LogP contribution in [0.25, 0.3) is 0 Å². The van der Waals surface area contributed by atoms with Gasteiger partial charge in [0.15, 0.2) is 11.5 Å². The van der Waals surface area contributed by atoms with Gasteiger partial charge in [-0.1, -0.05) is 72.9 Å². The SMILES string of the molecule is CCCCNC(=O)[C@@H](Cc1ccccc1)N(Cc1c(Cl)cccc1Cl)C(=O)CN(c1ccc2c(c1)OCCO2)S(C)(=O)=O. The Morgan fingerprint density at radius 2 is 1.63 bits per heavy atom. The Hall–Kier alpha value is -3.47. The van der Waals surface area contributed by atoms with Crippen molar-refractivity contribution >= 4 is 50.7 Å². The van der Waals surface area contributed by atoms with E-state index in [-0.39, 0.29) is 24.6 Å². The molecule has 2 amide bonds. The van der Waals surface area contributed by atoms with Crippen LogP contribution in [0.1, 0.15) is 30.9 Å². The molecule has 0 aliphatic carbocycles. The third-order valence-electron chi connectivity index (χ3n) is 6.98. The number of nitrogens with zero attached hydrogens (tertiary/aromatic N) is 2. The molecule has 12 heteroatoms. The first kappa shape index (κ1) is 32.4. The largest absolute Gasteiger partial charge is 0.486 e. The molecular formula is C31H35Cl2N3O6S.